The second kappa shape index (κ2) is 11.0. The first-order valence-corrected chi connectivity index (χ1v) is 11.6. The topological polar surface area (TPSA) is 77.6 Å². The average Bonchev–Trinajstić information content (AvgIpc) is 2.81. The number of amides is 1. The Morgan fingerprint density at radius 2 is 1.64 bits per heavy atom. The predicted octanol–water partition coefficient (Wildman–Crippen LogP) is 3.97. The van der Waals surface area contributed by atoms with Crippen molar-refractivity contribution in [1.82, 2.24) is 9.47 Å². The SMILES string of the molecule is NC(=O)CC1CCN(Cc2ccc(CCn3ccc(Oc4ccccc4)cc3=O)cc2)CC1. The van der Waals surface area contributed by atoms with Crippen molar-refractivity contribution in [2.75, 3.05) is 13.1 Å². The van der Waals surface area contributed by atoms with Crippen LogP contribution in [0.2, 0.25) is 0 Å². The molecule has 33 heavy (non-hydrogen) atoms. The normalized spacial score (nSPS) is 14.8. The lowest BCUT2D eigenvalue weighted by Gasteiger charge is -2.31. The molecule has 6 nitrogen and oxygen atoms in total. The molecule has 1 aromatic heterocycles. The molecular formula is C27H31N3O3. The lowest BCUT2D eigenvalue weighted by molar-refractivity contribution is -0.119. The molecule has 0 spiro atoms. The van der Waals surface area contributed by atoms with Crippen molar-refractivity contribution >= 4 is 5.91 Å². The minimum Gasteiger partial charge on any atom is -0.457 e. The number of para-hydroxylation sites is 1. The molecule has 1 fully saturated rings. The quantitative estimate of drug-likeness (QED) is 0.541. The van der Waals surface area contributed by atoms with E-state index < -0.39 is 0 Å². The van der Waals surface area contributed by atoms with Gasteiger partial charge in [0.05, 0.1) is 0 Å². The van der Waals surface area contributed by atoms with Crippen LogP contribution in [0.25, 0.3) is 0 Å². The van der Waals surface area contributed by atoms with E-state index in [1.807, 2.05) is 36.4 Å². The smallest absolute Gasteiger partial charge is 0.254 e. The Bertz CT molecular complexity index is 1100. The molecule has 2 aromatic carbocycles. The summed E-state index contributed by atoms with van der Waals surface area (Å²) in [6.45, 7) is 3.56. The summed E-state index contributed by atoms with van der Waals surface area (Å²) in [6, 6.07) is 21.4. The van der Waals surface area contributed by atoms with Crippen LogP contribution in [0.15, 0.2) is 77.7 Å². The fourth-order valence-electron chi connectivity index (χ4n) is 4.31. The average molecular weight is 446 g/mol. The van der Waals surface area contributed by atoms with Gasteiger partial charge in [0.1, 0.15) is 11.5 Å². The van der Waals surface area contributed by atoms with Crippen molar-refractivity contribution in [3.05, 3.63) is 94.4 Å². The number of benzene rings is 2. The molecule has 1 aliphatic heterocycles. The monoisotopic (exact) mass is 445 g/mol. The Morgan fingerprint density at radius 1 is 0.939 bits per heavy atom. The first kappa shape index (κ1) is 22.8. The van der Waals surface area contributed by atoms with Gasteiger partial charge in [-0.2, -0.15) is 0 Å². The van der Waals surface area contributed by atoms with E-state index >= 15 is 0 Å². The molecule has 0 atom stereocenters. The van der Waals surface area contributed by atoms with Crippen LogP contribution in [0.5, 0.6) is 11.5 Å². The first-order valence-electron chi connectivity index (χ1n) is 11.6. The highest BCUT2D eigenvalue weighted by Crippen LogP contribution is 2.22. The van der Waals surface area contributed by atoms with E-state index in [0.29, 0.717) is 30.4 Å². The van der Waals surface area contributed by atoms with Gasteiger partial charge < -0.3 is 15.0 Å². The Hall–Kier alpha value is -3.38. The van der Waals surface area contributed by atoms with Crippen molar-refractivity contribution in [1.29, 1.82) is 0 Å². The van der Waals surface area contributed by atoms with E-state index in [0.717, 1.165) is 38.9 Å². The van der Waals surface area contributed by atoms with Gasteiger partial charge in [0, 0.05) is 31.8 Å². The van der Waals surface area contributed by atoms with Gasteiger partial charge in [0.15, 0.2) is 0 Å². The standard InChI is InChI=1S/C27H31N3O3/c28-26(31)18-22-10-14-29(15-11-22)20-23-8-6-21(7-9-23)12-16-30-17-13-25(19-27(30)32)33-24-4-2-1-3-5-24/h1-9,13,17,19,22H,10-12,14-16,18,20H2,(H2,28,31). The molecule has 0 aliphatic carbocycles. The van der Waals surface area contributed by atoms with Crippen LogP contribution in [0, 0.1) is 5.92 Å². The van der Waals surface area contributed by atoms with E-state index in [1.165, 1.54) is 17.2 Å². The maximum atomic E-state index is 12.5. The molecule has 0 unspecified atom stereocenters. The third kappa shape index (κ3) is 6.80. The van der Waals surface area contributed by atoms with Crippen LogP contribution < -0.4 is 16.0 Å². The van der Waals surface area contributed by atoms with Gasteiger partial charge in [-0.25, -0.2) is 0 Å². The van der Waals surface area contributed by atoms with Crippen molar-refractivity contribution in [2.24, 2.45) is 11.7 Å². The van der Waals surface area contributed by atoms with Gasteiger partial charge in [-0.05, 0) is 67.6 Å². The zero-order chi connectivity index (χ0) is 23.0. The fraction of sp³-hybridized carbons (Fsp3) is 0.333. The summed E-state index contributed by atoms with van der Waals surface area (Å²) >= 11 is 0. The third-order valence-electron chi connectivity index (χ3n) is 6.21. The van der Waals surface area contributed by atoms with Crippen LogP contribution in [-0.2, 0) is 24.3 Å². The number of aromatic nitrogens is 1. The van der Waals surface area contributed by atoms with Gasteiger partial charge >= 0.3 is 0 Å². The lowest BCUT2D eigenvalue weighted by atomic mass is 9.93. The molecule has 6 heteroatoms. The maximum Gasteiger partial charge on any atom is 0.254 e. The number of nitrogens with two attached hydrogens (primary N) is 1. The molecule has 0 saturated carbocycles. The van der Waals surface area contributed by atoms with E-state index in [2.05, 4.69) is 29.2 Å². The number of aryl methyl sites for hydroxylation is 2. The summed E-state index contributed by atoms with van der Waals surface area (Å²) < 4.78 is 7.45. The molecule has 172 valence electrons. The van der Waals surface area contributed by atoms with Gasteiger partial charge in [-0.3, -0.25) is 14.5 Å². The number of rotatable bonds is 9. The van der Waals surface area contributed by atoms with Crippen molar-refractivity contribution in [2.45, 2.75) is 38.8 Å². The molecule has 0 radical (unpaired) electrons. The Morgan fingerprint density at radius 3 is 2.30 bits per heavy atom. The number of hydrogen-bond donors (Lipinski definition) is 1. The lowest BCUT2D eigenvalue weighted by Crippen LogP contribution is -2.34. The molecule has 2 heterocycles. The molecule has 1 saturated heterocycles. The second-order valence-corrected chi connectivity index (χ2v) is 8.77. The first-order chi connectivity index (χ1) is 16.0. The van der Waals surface area contributed by atoms with Crippen molar-refractivity contribution in [3.63, 3.8) is 0 Å². The van der Waals surface area contributed by atoms with Crippen LogP contribution in [0.4, 0.5) is 0 Å². The zero-order valence-corrected chi connectivity index (χ0v) is 18.9. The van der Waals surface area contributed by atoms with Gasteiger partial charge in [0.2, 0.25) is 5.91 Å². The number of nitrogens with zero attached hydrogens (tertiary/aromatic N) is 2. The number of piperidine rings is 1. The zero-order valence-electron chi connectivity index (χ0n) is 18.9. The van der Waals surface area contributed by atoms with Crippen LogP contribution in [0.3, 0.4) is 0 Å². The highest BCUT2D eigenvalue weighted by atomic mass is 16.5. The van der Waals surface area contributed by atoms with E-state index in [-0.39, 0.29) is 11.5 Å². The number of carbonyl (C=O) groups is 1. The molecule has 3 aromatic rings. The molecular weight excluding hydrogens is 414 g/mol. The highest BCUT2D eigenvalue weighted by molar-refractivity contribution is 5.74. The third-order valence-corrected chi connectivity index (χ3v) is 6.21. The summed E-state index contributed by atoms with van der Waals surface area (Å²) in [6.07, 6.45) is 5.15. The van der Waals surface area contributed by atoms with Gasteiger partial charge in [0.25, 0.3) is 5.56 Å². The summed E-state index contributed by atoms with van der Waals surface area (Å²) in [5.41, 5.74) is 7.74. The molecule has 1 amide bonds. The highest BCUT2D eigenvalue weighted by Gasteiger charge is 2.20. The number of likely N-dealkylation sites (tertiary alicyclic amines) is 1. The summed E-state index contributed by atoms with van der Waals surface area (Å²) in [4.78, 5) is 26.0. The summed E-state index contributed by atoms with van der Waals surface area (Å²) in [5.74, 6) is 1.50. The second-order valence-electron chi connectivity index (χ2n) is 8.77. The number of ether oxygens (including phenoxy) is 1. The van der Waals surface area contributed by atoms with E-state index in [4.69, 9.17) is 10.5 Å². The van der Waals surface area contributed by atoms with Crippen molar-refractivity contribution < 1.29 is 9.53 Å². The van der Waals surface area contributed by atoms with Crippen molar-refractivity contribution in [3.8, 4) is 11.5 Å². The molecule has 2 N–H and O–H groups in total. The van der Waals surface area contributed by atoms with Crippen LogP contribution in [0.1, 0.15) is 30.4 Å². The minimum absolute atomic E-state index is 0.0696. The number of pyridine rings is 1. The Labute approximate surface area is 194 Å². The molecule has 4 rings (SSSR count). The largest absolute Gasteiger partial charge is 0.457 e. The molecule has 0 bridgehead atoms. The number of hydrogen-bond acceptors (Lipinski definition) is 4. The Balaban J connectivity index is 1.26. The maximum absolute atomic E-state index is 12.5. The van der Waals surface area contributed by atoms with Gasteiger partial charge in [-0.1, -0.05) is 42.5 Å². The van der Waals surface area contributed by atoms with Crippen LogP contribution in [-0.4, -0.2) is 28.5 Å². The summed E-state index contributed by atoms with van der Waals surface area (Å²) in [7, 11) is 0. The van der Waals surface area contributed by atoms with Crippen LogP contribution >= 0.6 is 0 Å². The Kier molecular flexibility index (Phi) is 7.58. The number of carbonyl (C=O) groups excluding carboxylic acids is 1. The predicted molar refractivity (Wildman–Crippen MR) is 129 cm³/mol. The van der Waals surface area contributed by atoms with E-state index in [9.17, 15) is 9.59 Å². The minimum atomic E-state index is -0.192. The number of primary amides is 1. The fourth-order valence-corrected chi connectivity index (χ4v) is 4.31. The van der Waals surface area contributed by atoms with E-state index in [1.54, 1.807) is 10.8 Å². The molecule has 1 aliphatic rings. The van der Waals surface area contributed by atoms with Gasteiger partial charge in [-0.15, -0.1) is 0 Å². The summed E-state index contributed by atoms with van der Waals surface area (Å²) in [5, 5.41) is 0.